The van der Waals surface area contributed by atoms with E-state index in [4.69, 9.17) is 0 Å². The molecule has 0 bridgehead atoms. The lowest BCUT2D eigenvalue weighted by molar-refractivity contribution is -0.169. The van der Waals surface area contributed by atoms with Gasteiger partial charge in [-0.05, 0) is 42.3 Å². The van der Waals surface area contributed by atoms with Crippen LogP contribution in [0.15, 0.2) is 73.2 Å². The molecule has 39 heavy (non-hydrogen) atoms. The highest BCUT2D eigenvalue weighted by Gasteiger charge is 2.45. The molecule has 3 aromatic heterocycles. The van der Waals surface area contributed by atoms with Crippen LogP contribution in [-0.4, -0.2) is 54.8 Å². The summed E-state index contributed by atoms with van der Waals surface area (Å²) in [6.45, 7) is -0.218. The molecule has 2 N–H and O–H groups in total. The predicted molar refractivity (Wildman–Crippen MR) is 141 cm³/mol. The maximum Gasteiger partial charge on any atom is 0.393 e. The number of aryl methyl sites for hydroxylation is 1. The molecule has 1 aliphatic heterocycles. The van der Waals surface area contributed by atoms with Gasteiger partial charge in [-0.3, -0.25) is 9.89 Å². The standard InChI is InChI=1S/C28H24F3N7O/c1-37-23-13-19(3-2-18(23)12-24(37)27(39)38-11-9-21(16-38)28(29,30)31)26-32-10-8-25(36-26)35-22-6-4-17(5-7-22)20-14-33-34-15-20/h2-8,10,12-15,21H,9,11,16H2,1H3,(H,33,34)(H,32,35,36)/t21-/m0/s1. The number of aromatic amines is 1. The number of benzene rings is 2. The van der Waals surface area contributed by atoms with Gasteiger partial charge in [-0.25, -0.2) is 9.97 Å². The number of rotatable bonds is 5. The third-order valence-corrected chi connectivity index (χ3v) is 7.11. The van der Waals surface area contributed by atoms with Gasteiger partial charge >= 0.3 is 6.18 Å². The van der Waals surface area contributed by atoms with E-state index in [1.807, 2.05) is 48.7 Å². The van der Waals surface area contributed by atoms with Crippen LogP contribution in [0.2, 0.25) is 0 Å². The van der Waals surface area contributed by atoms with E-state index in [9.17, 15) is 18.0 Å². The van der Waals surface area contributed by atoms with E-state index in [-0.39, 0.29) is 19.5 Å². The molecule has 11 heteroatoms. The number of halogens is 3. The monoisotopic (exact) mass is 531 g/mol. The van der Waals surface area contributed by atoms with Crippen LogP contribution in [0.25, 0.3) is 33.4 Å². The van der Waals surface area contributed by atoms with Crippen molar-refractivity contribution in [2.75, 3.05) is 18.4 Å². The van der Waals surface area contributed by atoms with Crippen molar-refractivity contribution in [2.45, 2.75) is 12.6 Å². The molecule has 1 aliphatic rings. The molecule has 1 saturated heterocycles. The summed E-state index contributed by atoms with van der Waals surface area (Å²) in [4.78, 5) is 23.4. The van der Waals surface area contributed by atoms with Gasteiger partial charge in [0.15, 0.2) is 5.82 Å². The van der Waals surface area contributed by atoms with Crippen molar-refractivity contribution in [1.82, 2.24) is 29.6 Å². The van der Waals surface area contributed by atoms with Gasteiger partial charge in [0.05, 0.1) is 12.1 Å². The Hall–Kier alpha value is -4.67. The van der Waals surface area contributed by atoms with E-state index in [0.29, 0.717) is 17.3 Å². The second kappa shape index (κ2) is 9.57. The Morgan fingerprint density at radius 1 is 1.05 bits per heavy atom. The summed E-state index contributed by atoms with van der Waals surface area (Å²) < 4.78 is 41.0. The van der Waals surface area contributed by atoms with Crippen LogP contribution in [0.5, 0.6) is 0 Å². The number of nitrogens with zero attached hydrogens (tertiary/aromatic N) is 5. The molecule has 0 unspecified atom stereocenters. The fourth-order valence-electron chi connectivity index (χ4n) is 4.92. The summed E-state index contributed by atoms with van der Waals surface area (Å²) in [5, 5.41) is 10.9. The smallest absolute Gasteiger partial charge is 0.340 e. The second-order valence-corrected chi connectivity index (χ2v) is 9.60. The summed E-state index contributed by atoms with van der Waals surface area (Å²) in [7, 11) is 1.74. The zero-order valence-corrected chi connectivity index (χ0v) is 20.9. The Morgan fingerprint density at radius 3 is 2.56 bits per heavy atom. The van der Waals surface area contributed by atoms with Crippen molar-refractivity contribution in [3.63, 3.8) is 0 Å². The Morgan fingerprint density at radius 2 is 1.85 bits per heavy atom. The van der Waals surface area contributed by atoms with Crippen molar-refractivity contribution in [1.29, 1.82) is 0 Å². The number of H-pyrrole nitrogens is 1. The van der Waals surface area contributed by atoms with Crippen molar-refractivity contribution >= 4 is 28.3 Å². The first-order valence-electron chi connectivity index (χ1n) is 12.4. The number of alkyl halides is 3. The van der Waals surface area contributed by atoms with Crippen LogP contribution in [0.4, 0.5) is 24.7 Å². The molecule has 0 aliphatic carbocycles. The molecule has 4 heterocycles. The first-order valence-corrected chi connectivity index (χ1v) is 12.4. The van der Waals surface area contributed by atoms with Crippen LogP contribution in [-0.2, 0) is 7.05 Å². The molecule has 0 saturated carbocycles. The molecule has 5 aromatic rings. The van der Waals surface area contributed by atoms with Gasteiger partial charge < -0.3 is 14.8 Å². The number of amides is 1. The maximum absolute atomic E-state index is 13.1. The van der Waals surface area contributed by atoms with E-state index >= 15 is 0 Å². The van der Waals surface area contributed by atoms with Crippen LogP contribution < -0.4 is 5.32 Å². The molecule has 6 rings (SSSR count). The number of likely N-dealkylation sites (tertiary alicyclic amines) is 1. The van der Waals surface area contributed by atoms with Crippen molar-refractivity contribution < 1.29 is 18.0 Å². The van der Waals surface area contributed by atoms with Crippen molar-refractivity contribution in [3.8, 4) is 22.5 Å². The third kappa shape index (κ3) is 4.83. The number of nitrogens with one attached hydrogen (secondary N) is 2. The summed E-state index contributed by atoms with van der Waals surface area (Å²) in [5.41, 5.74) is 4.76. The van der Waals surface area contributed by atoms with Crippen LogP contribution in [0.1, 0.15) is 16.9 Å². The number of carbonyl (C=O) groups is 1. The summed E-state index contributed by atoms with van der Waals surface area (Å²) in [6.07, 6.45) is 0.892. The lowest BCUT2D eigenvalue weighted by Crippen LogP contribution is -2.32. The quantitative estimate of drug-likeness (QED) is 0.299. The Labute approximate surface area is 221 Å². The number of hydrogen-bond acceptors (Lipinski definition) is 5. The molecule has 1 fully saturated rings. The normalized spacial score (nSPS) is 15.7. The van der Waals surface area contributed by atoms with E-state index < -0.39 is 18.0 Å². The summed E-state index contributed by atoms with van der Waals surface area (Å²) >= 11 is 0. The maximum atomic E-state index is 13.1. The van der Waals surface area contributed by atoms with Crippen LogP contribution in [0.3, 0.4) is 0 Å². The highest BCUT2D eigenvalue weighted by Crippen LogP contribution is 2.34. The van der Waals surface area contributed by atoms with Gasteiger partial charge in [0, 0.05) is 60.2 Å². The Kier molecular flexibility index (Phi) is 6.05. The number of carbonyl (C=O) groups excluding carboxylic acids is 1. The van der Waals surface area contributed by atoms with Crippen molar-refractivity contribution in [3.05, 3.63) is 78.9 Å². The van der Waals surface area contributed by atoms with E-state index in [0.717, 1.165) is 33.3 Å². The number of fused-ring (bicyclic) bond motifs is 1. The molecule has 1 atom stereocenters. The SMILES string of the molecule is Cn1c(C(=O)N2CC[C@H](C(F)(F)F)C2)cc2ccc(-c3nccc(Nc4ccc(-c5cn[nH]c5)cc4)n3)cc21. The number of aromatic nitrogens is 5. The molecular formula is C28H24F3N7O. The van der Waals surface area contributed by atoms with Gasteiger partial charge in [0.1, 0.15) is 11.5 Å². The van der Waals surface area contributed by atoms with Gasteiger partial charge in [-0.1, -0.05) is 24.3 Å². The first kappa shape index (κ1) is 24.7. The van der Waals surface area contributed by atoms with Gasteiger partial charge in [-0.2, -0.15) is 18.3 Å². The molecule has 8 nitrogen and oxygen atoms in total. The minimum Gasteiger partial charge on any atom is -0.340 e. The summed E-state index contributed by atoms with van der Waals surface area (Å²) in [5.74, 6) is -0.760. The van der Waals surface area contributed by atoms with Crippen molar-refractivity contribution in [2.24, 2.45) is 13.0 Å². The minimum absolute atomic E-state index is 0.0699. The zero-order valence-electron chi connectivity index (χ0n) is 20.9. The van der Waals surface area contributed by atoms with Crippen LogP contribution in [0, 0.1) is 5.92 Å². The lowest BCUT2D eigenvalue weighted by Gasteiger charge is -2.18. The zero-order chi connectivity index (χ0) is 27.1. The van der Waals surface area contributed by atoms with Gasteiger partial charge in [0.25, 0.3) is 5.91 Å². The van der Waals surface area contributed by atoms with E-state index in [1.54, 1.807) is 36.1 Å². The van der Waals surface area contributed by atoms with E-state index in [1.165, 1.54) is 4.90 Å². The second-order valence-electron chi connectivity index (χ2n) is 9.60. The average Bonchev–Trinajstić information content (AvgIpc) is 3.70. The molecule has 2 aromatic carbocycles. The summed E-state index contributed by atoms with van der Waals surface area (Å²) in [6, 6.07) is 17.0. The fraction of sp³-hybridized carbons (Fsp3) is 0.214. The van der Waals surface area contributed by atoms with Crippen LogP contribution >= 0.6 is 0 Å². The number of anilines is 2. The average molecular weight is 532 g/mol. The third-order valence-electron chi connectivity index (χ3n) is 7.11. The van der Waals surface area contributed by atoms with E-state index in [2.05, 4.69) is 25.5 Å². The Bertz CT molecular complexity index is 1640. The largest absolute Gasteiger partial charge is 0.393 e. The first-order chi connectivity index (χ1) is 18.8. The number of hydrogen-bond donors (Lipinski definition) is 2. The highest BCUT2D eigenvalue weighted by atomic mass is 19.4. The molecule has 198 valence electrons. The molecule has 0 spiro atoms. The predicted octanol–water partition coefficient (Wildman–Crippen LogP) is 5.79. The fourth-order valence-corrected chi connectivity index (χ4v) is 4.92. The molecule has 0 radical (unpaired) electrons. The Balaban J connectivity index is 1.22. The minimum atomic E-state index is -4.30. The van der Waals surface area contributed by atoms with Gasteiger partial charge in [0.2, 0.25) is 0 Å². The van der Waals surface area contributed by atoms with Gasteiger partial charge in [-0.15, -0.1) is 0 Å². The topological polar surface area (TPSA) is 91.7 Å². The molecular weight excluding hydrogens is 507 g/mol. The molecule has 1 amide bonds. The lowest BCUT2D eigenvalue weighted by atomic mass is 10.1. The highest BCUT2D eigenvalue weighted by molar-refractivity contribution is 5.99.